The van der Waals surface area contributed by atoms with Crippen LogP contribution in [0.5, 0.6) is 0 Å². The van der Waals surface area contributed by atoms with Crippen molar-refractivity contribution in [2.45, 2.75) is 45.6 Å². The van der Waals surface area contributed by atoms with Gasteiger partial charge in [-0.2, -0.15) is 5.26 Å². The SMILES string of the molecule is Cc1c(C#N)nnc(N2CCc3ncc(-c4ccc(C5CC5)nc4)cc3C2)c1C. The van der Waals surface area contributed by atoms with Crippen LogP contribution in [0.2, 0.25) is 0 Å². The van der Waals surface area contributed by atoms with Gasteiger partial charge in [-0.3, -0.25) is 9.97 Å². The summed E-state index contributed by atoms with van der Waals surface area (Å²) in [5.74, 6) is 1.52. The highest BCUT2D eigenvalue weighted by atomic mass is 15.3. The van der Waals surface area contributed by atoms with Crippen molar-refractivity contribution < 1.29 is 0 Å². The van der Waals surface area contributed by atoms with Crippen LogP contribution in [-0.2, 0) is 13.0 Å². The van der Waals surface area contributed by atoms with E-state index in [1.54, 1.807) is 0 Å². The molecular weight excluding hydrogens is 360 g/mol. The van der Waals surface area contributed by atoms with Gasteiger partial charge in [-0.1, -0.05) is 6.07 Å². The summed E-state index contributed by atoms with van der Waals surface area (Å²) in [6.45, 7) is 5.53. The molecule has 0 spiro atoms. The molecule has 29 heavy (non-hydrogen) atoms. The summed E-state index contributed by atoms with van der Waals surface area (Å²) in [6.07, 6.45) is 7.32. The molecule has 144 valence electrons. The highest BCUT2D eigenvalue weighted by Gasteiger charge is 2.25. The molecule has 1 aliphatic heterocycles. The lowest BCUT2D eigenvalue weighted by Gasteiger charge is -2.30. The molecule has 1 saturated carbocycles. The molecule has 0 amide bonds. The Labute approximate surface area is 170 Å². The van der Waals surface area contributed by atoms with E-state index in [-0.39, 0.29) is 0 Å². The molecule has 0 saturated heterocycles. The summed E-state index contributed by atoms with van der Waals surface area (Å²) in [6, 6.07) is 8.64. The predicted octanol–water partition coefficient (Wildman–Crippen LogP) is 3.86. The summed E-state index contributed by atoms with van der Waals surface area (Å²) in [5.41, 5.74) is 8.07. The molecule has 4 heterocycles. The van der Waals surface area contributed by atoms with E-state index in [9.17, 15) is 5.26 Å². The van der Waals surface area contributed by atoms with Crippen molar-refractivity contribution in [3.63, 3.8) is 0 Å². The predicted molar refractivity (Wildman–Crippen MR) is 110 cm³/mol. The number of nitrogens with zero attached hydrogens (tertiary/aromatic N) is 6. The van der Waals surface area contributed by atoms with Crippen LogP contribution in [0.1, 0.15) is 52.5 Å². The van der Waals surface area contributed by atoms with Gasteiger partial charge in [0.15, 0.2) is 11.5 Å². The second-order valence-corrected chi connectivity index (χ2v) is 7.98. The summed E-state index contributed by atoms with van der Waals surface area (Å²) < 4.78 is 0. The Hall–Kier alpha value is -3.33. The number of nitriles is 1. The van der Waals surface area contributed by atoms with E-state index in [0.29, 0.717) is 11.6 Å². The number of aromatic nitrogens is 4. The fourth-order valence-corrected chi connectivity index (χ4v) is 3.96. The minimum absolute atomic E-state index is 0.398. The Balaban J connectivity index is 1.43. The second kappa shape index (κ2) is 6.93. The molecular formula is C23H22N6. The highest BCUT2D eigenvalue weighted by molar-refractivity contribution is 5.63. The Kier molecular flexibility index (Phi) is 4.24. The van der Waals surface area contributed by atoms with E-state index >= 15 is 0 Å². The van der Waals surface area contributed by atoms with Crippen molar-refractivity contribution in [1.82, 2.24) is 20.2 Å². The average molecular weight is 382 g/mol. The van der Waals surface area contributed by atoms with Crippen LogP contribution in [0.25, 0.3) is 11.1 Å². The van der Waals surface area contributed by atoms with Crippen LogP contribution >= 0.6 is 0 Å². The smallest absolute Gasteiger partial charge is 0.166 e. The lowest BCUT2D eigenvalue weighted by atomic mass is 10.00. The van der Waals surface area contributed by atoms with Gasteiger partial charge in [0, 0.05) is 60.3 Å². The first-order valence-corrected chi connectivity index (χ1v) is 10.1. The molecule has 6 nitrogen and oxygen atoms in total. The summed E-state index contributed by atoms with van der Waals surface area (Å²) in [5, 5.41) is 17.6. The molecule has 0 unspecified atom stereocenters. The fraction of sp³-hybridized carbons (Fsp3) is 0.348. The quantitative estimate of drug-likeness (QED) is 0.684. The Morgan fingerprint density at radius 2 is 1.86 bits per heavy atom. The molecule has 5 rings (SSSR count). The van der Waals surface area contributed by atoms with E-state index in [1.807, 2.05) is 26.2 Å². The molecule has 1 fully saturated rings. The number of hydrogen-bond acceptors (Lipinski definition) is 6. The summed E-state index contributed by atoms with van der Waals surface area (Å²) >= 11 is 0. The van der Waals surface area contributed by atoms with Crippen LogP contribution < -0.4 is 4.90 Å². The zero-order valence-electron chi connectivity index (χ0n) is 16.7. The number of hydrogen-bond donors (Lipinski definition) is 0. The monoisotopic (exact) mass is 382 g/mol. The van der Waals surface area contributed by atoms with Gasteiger partial charge < -0.3 is 4.90 Å². The first-order valence-electron chi connectivity index (χ1n) is 10.1. The Morgan fingerprint density at radius 1 is 1.03 bits per heavy atom. The number of fused-ring (bicyclic) bond motifs is 1. The van der Waals surface area contributed by atoms with Crippen LogP contribution in [-0.4, -0.2) is 26.7 Å². The molecule has 0 bridgehead atoms. The lowest BCUT2D eigenvalue weighted by molar-refractivity contribution is 0.692. The number of pyridine rings is 2. The largest absolute Gasteiger partial charge is 0.350 e. The van der Waals surface area contributed by atoms with Crippen molar-refractivity contribution in [3.05, 3.63) is 64.4 Å². The van der Waals surface area contributed by atoms with Crippen molar-refractivity contribution in [2.24, 2.45) is 0 Å². The van der Waals surface area contributed by atoms with Crippen LogP contribution in [0.3, 0.4) is 0 Å². The maximum absolute atomic E-state index is 9.18. The molecule has 3 aromatic rings. The van der Waals surface area contributed by atoms with Crippen molar-refractivity contribution >= 4 is 5.82 Å². The van der Waals surface area contributed by atoms with Gasteiger partial charge >= 0.3 is 0 Å². The molecule has 1 aliphatic carbocycles. The number of anilines is 1. The highest BCUT2D eigenvalue weighted by Crippen LogP contribution is 2.39. The van der Waals surface area contributed by atoms with Crippen LogP contribution in [0.4, 0.5) is 5.82 Å². The van der Waals surface area contributed by atoms with Crippen LogP contribution in [0, 0.1) is 25.2 Å². The van der Waals surface area contributed by atoms with Gasteiger partial charge in [0.1, 0.15) is 6.07 Å². The zero-order chi connectivity index (χ0) is 20.0. The van der Waals surface area contributed by atoms with E-state index in [4.69, 9.17) is 4.98 Å². The number of rotatable bonds is 3. The van der Waals surface area contributed by atoms with E-state index < -0.39 is 0 Å². The van der Waals surface area contributed by atoms with E-state index in [1.165, 1.54) is 24.1 Å². The zero-order valence-corrected chi connectivity index (χ0v) is 16.7. The second-order valence-electron chi connectivity index (χ2n) is 7.98. The van der Waals surface area contributed by atoms with Crippen LogP contribution in [0.15, 0.2) is 30.6 Å². The van der Waals surface area contributed by atoms with Crippen molar-refractivity contribution in [3.8, 4) is 17.2 Å². The molecule has 0 aromatic carbocycles. The minimum atomic E-state index is 0.398. The van der Waals surface area contributed by atoms with Gasteiger partial charge in [-0.05, 0) is 55.5 Å². The first kappa shape index (κ1) is 17.7. The van der Waals surface area contributed by atoms with E-state index in [0.717, 1.165) is 53.3 Å². The topological polar surface area (TPSA) is 78.6 Å². The van der Waals surface area contributed by atoms with Gasteiger partial charge in [-0.15, -0.1) is 10.2 Å². The fourth-order valence-electron chi connectivity index (χ4n) is 3.96. The summed E-state index contributed by atoms with van der Waals surface area (Å²) in [7, 11) is 0. The molecule has 6 heteroatoms. The molecule has 2 aliphatic rings. The van der Waals surface area contributed by atoms with Gasteiger partial charge in [0.05, 0.1) is 0 Å². The molecule has 0 N–H and O–H groups in total. The molecule has 0 radical (unpaired) electrons. The van der Waals surface area contributed by atoms with Gasteiger partial charge in [0.25, 0.3) is 0 Å². The minimum Gasteiger partial charge on any atom is -0.350 e. The standard InChI is InChI=1S/C23H22N6/c1-14-15(2)23(28-27-22(14)10-24)29-8-7-21-19(13-29)9-18(12-26-21)17-5-6-20(25-11-17)16-3-4-16/h5-6,9,11-12,16H,3-4,7-8,13H2,1-2H3. The van der Waals surface area contributed by atoms with Gasteiger partial charge in [0.2, 0.25) is 0 Å². The maximum Gasteiger partial charge on any atom is 0.166 e. The van der Waals surface area contributed by atoms with E-state index in [2.05, 4.69) is 44.3 Å². The maximum atomic E-state index is 9.18. The molecule has 0 atom stereocenters. The molecule has 3 aromatic heterocycles. The van der Waals surface area contributed by atoms with Gasteiger partial charge in [-0.25, -0.2) is 0 Å². The third-order valence-corrected chi connectivity index (χ3v) is 6.06. The Bertz CT molecular complexity index is 1130. The van der Waals surface area contributed by atoms with Crippen molar-refractivity contribution in [1.29, 1.82) is 5.26 Å². The summed E-state index contributed by atoms with van der Waals surface area (Å²) in [4.78, 5) is 11.6. The van der Waals surface area contributed by atoms with Crippen molar-refractivity contribution in [2.75, 3.05) is 11.4 Å². The lowest BCUT2D eigenvalue weighted by Crippen LogP contribution is -2.32. The first-order chi connectivity index (χ1) is 14.1. The average Bonchev–Trinajstić information content (AvgIpc) is 3.60. The Morgan fingerprint density at radius 3 is 2.59 bits per heavy atom. The third kappa shape index (κ3) is 3.23. The third-order valence-electron chi connectivity index (χ3n) is 6.06. The normalized spacial score (nSPS) is 15.7.